The molecule has 1 aliphatic heterocycles. The number of thioether (sulfide) groups is 1. The summed E-state index contributed by atoms with van der Waals surface area (Å²) >= 11 is 1.26. The van der Waals surface area contributed by atoms with Crippen molar-refractivity contribution in [2.45, 2.75) is 58.4 Å². The number of amidine groups is 1. The second-order valence-corrected chi connectivity index (χ2v) is 12.1. The Morgan fingerprint density at radius 3 is 2.46 bits per heavy atom. The molecule has 2 heterocycles. The minimum Gasteiger partial charge on any atom is -0.406 e. The molecule has 1 aliphatic rings. The van der Waals surface area contributed by atoms with Crippen molar-refractivity contribution in [2.75, 3.05) is 10.7 Å². The SMILES string of the molecule is CC(CCCc1ccc(-c2ncn(-c3ccc(OC(F)(F)F)cc3)n2)cc1)NC(=O)N=C1SCC(=O)N1c1ccccc1C(C)C. The molecule has 1 saturated heterocycles. The second-order valence-electron chi connectivity index (χ2n) is 11.1. The zero-order valence-corrected chi connectivity index (χ0v) is 26.3. The van der Waals surface area contributed by atoms with Crippen LogP contribution in [0.3, 0.4) is 0 Å². The molecular weight excluding hydrogens is 617 g/mol. The highest BCUT2D eigenvalue weighted by Crippen LogP contribution is 2.33. The van der Waals surface area contributed by atoms with Crippen molar-refractivity contribution in [1.29, 1.82) is 0 Å². The van der Waals surface area contributed by atoms with Crippen molar-refractivity contribution < 1.29 is 27.5 Å². The van der Waals surface area contributed by atoms with Gasteiger partial charge in [0.1, 0.15) is 12.1 Å². The first-order valence-electron chi connectivity index (χ1n) is 14.8. The fourth-order valence-corrected chi connectivity index (χ4v) is 5.87. The lowest BCUT2D eigenvalue weighted by Gasteiger charge is -2.21. The number of rotatable bonds is 10. The first-order chi connectivity index (χ1) is 22.0. The molecular formula is C33H33F3N6O3S. The summed E-state index contributed by atoms with van der Waals surface area (Å²) in [5.74, 6) is 0.521. The first-order valence-corrected chi connectivity index (χ1v) is 15.8. The van der Waals surface area contributed by atoms with E-state index in [1.165, 1.54) is 47.0 Å². The Hall–Kier alpha value is -4.65. The van der Waals surface area contributed by atoms with Crippen molar-refractivity contribution in [2.24, 2.45) is 4.99 Å². The minimum absolute atomic E-state index is 0.0963. The molecule has 46 heavy (non-hydrogen) atoms. The Morgan fingerprint density at radius 2 is 1.76 bits per heavy atom. The third kappa shape index (κ3) is 8.33. The predicted molar refractivity (Wildman–Crippen MR) is 172 cm³/mol. The summed E-state index contributed by atoms with van der Waals surface area (Å²) in [4.78, 5) is 35.6. The van der Waals surface area contributed by atoms with Gasteiger partial charge in [0.2, 0.25) is 5.91 Å². The maximum Gasteiger partial charge on any atom is 0.573 e. The number of aromatic nitrogens is 3. The number of carbonyl (C=O) groups is 2. The fraction of sp³-hybridized carbons (Fsp3) is 0.303. The number of nitrogens with one attached hydrogen (secondary N) is 1. The lowest BCUT2D eigenvalue weighted by Crippen LogP contribution is -2.34. The molecule has 9 nitrogen and oxygen atoms in total. The highest BCUT2D eigenvalue weighted by Gasteiger charge is 2.32. The average molecular weight is 651 g/mol. The number of benzene rings is 3. The van der Waals surface area contributed by atoms with E-state index in [0.29, 0.717) is 16.7 Å². The number of amides is 3. The standard InChI is InChI=1S/C33H33F3N6O3S/c1-21(2)27-9-4-5-10-28(27)42-29(43)19-46-32(42)39-31(44)38-22(3)7-6-8-23-11-13-24(14-12-23)30-37-20-41(40-30)25-15-17-26(18-16-25)45-33(34,35)36/h4-5,9-18,20-22H,6-8,19H2,1-3H3,(H,38,44). The molecule has 13 heteroatoms. The Morgan fingerprint density at radius 1 is 1.04 bits per heavy atom. The van der Waals surface area contributed by atoms with Crippen molar-refractivity contribution in [3.63, 3.8) is 0 Å². The molecule has 1 unspecified atom stereocenters. The van der Waals surface area contributed by atoms with Crippen LogP contribution in [-0.2, 0) is 11.2 Å². The number of alkyl halides is 3. The zero-order valence-electron chi connectivity index (χ0n) is 25.5. The number of hydrogen-bond acceptors (Lipinski definition) is 6. The van der Waals surface area contributed by atoms with Gasteiger partial charge in [-0.2, -0.15) is 4.99 Å². The summed E-state index contributed by atoms with van der Waals surface area (Å²) in [6.45, 7) is 6.05. The number of ether oxygens (including phenoxy) is 1. The van der Waals surface area contributed by atoms with Crippen LogP contribution in [-0.4, -0.2) is 50.0 Å². The van der Waals surface area contributed by atoms with E-state index in [9.17, 15) is 22.8 Å². The molecule has 1 fully saturated rings. The highest BCUT2D eigenvalue weighted by atomic mass is 32.2. The molecule has 0 spiro atoms. The molecule has 0 bridgehead atoms. The second kappa shape index (κ2) is 14.2. The smallest absolute Gasteiger partial charge is 0.406 e. The zero-order chi connectivity index (χ0) is 32.8. The number of anilines is 1. The van der Waals surface area contributed by atoms with Crippen LogP contribution < -0.4 is 15.0 Å². The highest BCUT2D eigenvalue weighted by molar-refractivity contribution is 8.15. The number of nitrogens with zero attached hydrogens (tertiary/aromatic N) is 5. The number of urea groups is 1. The van der Waals surface area contributed by atoms with E-state index in [2.05, 4.69) is 39.0 Å². The van der Waals surface area contributed by atoms with E-state index in [-0.39, 0.29) is 29.4 Å². The number of para-hydroxylation sites is 1. The van der Waals surface area contributed by atoms with Crippen LogP contribution in [0.5, 0.6) is 5.75 Å². The maximum absolute atomic E-state index is 12.8. The van der Waals surface area contributed by atoms with Gasteiger partial charge in [-0.25, -0.2) is 14.5 Å². The van der Waals surface area contributed by atoms with Crippen molar-refractivity contribution >= 4 is 34.6 Å². The Labute approximate surface area is 268 Å². The van der Waals surface area contributed by atoms with Gasteiger partial charge >= 0.3 is 12.4 Å². The van der Waals surface area contributed by atoms with Crippen LogP contribution in [0.1, 0.15) is 50.7 Å². The quantitative estimate of drug-likeness (QED) is 0.191. The number of hydrogen-bond donors (Lipinski definition) is 1. The third-order valence-corrected chi connectivity index (χ3v) is 8.20. The van der Waals surface area contributed by atoms with Crippen LogP contribution in [0.15, 0.2) is 84.1 Å². The summed E-state index contributed by atoms with van der Waals surface area (Å²) in [7, 11) is 0. The topological polar surface area (TPSA) is 102 Å². The molecule has 1 aromatic heterocycles. The number of carbonyl (C=O) groups excluding carboxylic acids is 2. The molecule has 0 saturated carbocycles. The van der Waals surface area contributed by atoms with Gasteiger partial charge in [-0.3, -0.25) is 9.69 Å². The van der Waals surface area contributed by atoms with Gasteiger partial charge in [-0.15, -0.1) is 18.3 Å². The molecule has 5 rings (SSSR count). The van der Waals surface area contributed by atoms with Crippen LogP contribution in [0, 0.1) is 0 Å². The summed E-state index contributed by atoms with van der Waals surface area (Å²) in [5, 5.41) is 7.75. The Bertz CT molecular complexity index is 1700. The summed E-state index contributed by atoms with van der Waals surface area (Å²) in [6.07, 6.45) is -0.885. The molecule has 240 valence electrons. The number of aliphatic imine (C=N–C) groups is 1. The number of halogens is 3. The molecule has 3 amide bonds. The lowest BCUT2D eigenvalue weighted by molar-refractivity contribution is -0.274. The summed E-state index contributed by atoms with van der Waals surface area (Å²) < 4.78 is 42.6. The van der Waals surface area contributed by atoms with E-state index in [4.69, 9.17) is 0 Å². The Kier molecular flexibility index (Phi) is 10.1. The van der Waals surface area contributed by atoms with Crippen molar-refractivity contribution in [1.82, 2.24) is 20.1 Å². The monoisotopic (exact) mass is 650 g/mol. The van der Waals surface area contributed by atoms with Gasteiger partial charge in [-0.1, -0.05) is 68.1 Å². The molecule has 1 atom stereocenters. The maximum atomic E-state index is 12.8. The first kappa shape index (κ1) is 32.7. The van der Waals surface area contributed by atoms with Crippen LogP contribution >= 0.6 is 11.8 Å². The van der Waals surface area contributed by atoms with Gasteiger partial charge in [-0.05, 0) is 73.6 Å². The molecule has 3 aromatic carbocycles. The van der Waals surface area contributed by atoms with Gasteiger partial charge in [0.25, 0.3) is 0 Å². The van der Waals surface area contributed by atoms with Gasteiger partial charge in [0, 0.05) is 11.6 Å². The van der Waals surface area contributed by atoms with Gasteiger partial charge in [0.05, 0.1) is 17.1 Å². The summed E-state index contributed by atoms with van der Waals surface area (Å²) in [5.41, 5.74) is 4.23. The largest absolute Gasteiger partial charge is 0.573 e. The molecule has 0 radical (unpaired) electrons. The van der Waals surface area contributed by atoms with Crippen molar-refractivity contribution in [3.8, 4) is 22.8 Å². The summed E-state index contributed by atoms with van der Waals surface area (Å²) in [6, 6.07) is 20.3. The minimum atomic E-state index is -4.75. The van der Waals surface area contributed by atoms with E-state index in [1.54, 1.807) is 4.90 Å². The molecule has 4 aromatic rings. The van der Waals surface area contributed by atoms with E-state index < -0.39 is 12.4 Å². The van der Waals surface area contributed by atoms with Crippen molar-refractivity contribution in [3.05, 3.63) is 90.3 Å². The van der Waals surface area contributed by atoms with Gasteiger partial charge in [0.15, 0.2) is 11.0 Å². The van der Waals surface area contributed by atoms with Crippen LogP contribution in [0.4, 0.5) is 23.7 Å². The van der Waals surface area contributed by atoms with Crippen LogP contribution in [0.25, 0.3) is 17.1 Å². The number of aryl methyl sites for hydroxylation is 1. The normalized spacial score (nSPS) is 15.1. The van der Waals surface area contributed by atoms with Gasteiger partial charge < -0.3 is 10.1 Å². The predicted octanol–water partition coefficient (Wildman–Crippen LogP) is 7.51. The van der Waals surface area contributed by atoms with E-state index in [0.717, 1.165) is 41.6 Å². The fourth-order valence-electron chi connectivity index (χ4n) is 5.02. The van der Waals surface area contributed by atoms with E-state index >= 15 is 0 Å². The van der Waals surface area contributed by atoms with E-state index in [1.807, 2.05) is 55.5 Å². The molecule has 0 aliphatic carbocycles. The average Bonchev–Trinajstić information content (AvgIpc) is 3.64. The third-order valence-electron chi connectivity index (χ3n) is 7.27. The lowest BCUT2D eigenvalue weighted by atomic mass is 10.0. The van der Waals surface area contributed by atoms with Crippen LogP contribution in [0.2, 0.25) is 0 Å². The molecule has 1 N–H and O–H groups in total. The Balaban J connectivity index is 1.11.